The van der Waals surface area contributed by atoms with Gasteiger partial charge in [-0.2, -0.15) is 0 Å². The zero-order chi connectivity index (χ0) is 24.2. The van der Waals surface area contributed by atoms with Crippen LogP contribution in [0.5, 0.6) is 11.5 Å². The Morgan fingerprint density at radius 1 is 1.15 bits per heavy atom. The van der Waals surface area contributed by atoms with Crippen molar-refractivity contribution in [2.45, 2.75) is 19.9 Å². The third-order valence-electron chi connectivity index (χ3n) is 5.38. The van der Waals surface area contributed by atoms with E-state index in [9.17, 15) is 9.59 Å². The Morgan fingerprint density at radius 2 is 1.88 bits per heavy atom. The van der Waals surface area contributed by atoms with Crippen molar-refractivity contribution in [3.8, 4) is 11.5 Å². The number of esters is 1. The lowest BCUT2D eigenvalue weighted by molar-refractivity contribution is -0.139. The molecule has 0 saturated heterocycles. The number of fused-ring (bicyclic) bond motifs is 1. The first-order valence-corrected chi connectivity index (χ1v) is 11.5. The lowest BCUT2D eigenvalue weighted by Gasteiger charge is -2.25. The summed E-state index contributed by atoms with van der Waals surface area (Å²) in [5.41, 5.74) is 2.08. The highest BCUT2D eigenvalue weighted by molar-refractivity contribution is 7.07. The number of anilines is 1. The fourth-order valence-corrected chi connectivity index (χ4v) is 4.78. The van der Waals surface area contributed by atoms with Crippen LogP contribution in [0.4, 0.5) is 5.69 Å². The van der Waals surface area contributed by atoms with E-state index in [-0.39, 0.29) is 12.2 Å². The summed E-state index contributed by atoms with van der Waals surface area (Å²) in [6.45, 7) is 3.70. The smallest absolute Gasteiger partial charge is 0.338 e. The van der Waals surface area contributed by atoms with E-state index in [1.165, 1.54) is 23.0 Å². The van der Waals surface area contributed by atoms with Crippen LogP contribution in [0.15, 0.2) is 69.6 Å². The molecular weight excluding hydrogens is 454 g/mol. The van der Waals surface area contributed by atoms with Gasteiger partial charge in [0, 0.05) is 11.9 Å². The van der Waals surface area contributed by atoms with Gasteiger partial charge in [0.15, 0.2) is 16.3 Å². The van der Waals surface area contributed by atoms with Crippen molar-refractivity contribution in [2.75, 3.05) is 26.1 Å². The number of thiazole rings is 1. The molecule has 0 amide bonds. The highest BCUT2D eigenvalue weighted by atomic mass is 32.1. The number of hydrogen-bond acceptors (Lipinski definition) is 8. The molecule has 2 heterocycles. The average molecular weight is 480 g/mol. The van der Waals surface area contributed by atoms with Crippen LogP contribution in [0.3, 0.4) is 0 Å². The maximum absolute atomic E-state index is 13.5. The van der Waals surface area contributed by atoms with Crippen molar-refractivity contribution in [3.05, 3.63) is 85.1 Å². The standard InChI is InChI=1S/C25H25N3O5S/c1-5-33-24(30)21-15(2)27-25-28(22(21)16-11-12-18(31-3)19(13-16)32-4)23(29)20(34-25)14-26-17-9-7-6-8-10-17/h6-14,22,26H,5H2,1-4H3/b20-14-/t22-/m0/s1. The fraction of sp³-hybridized carbons (Fsp3) is 0.240. The van der Waals surface area contributed by atoms with Crippen LogP contribution in [-0.4, -0.2) is 31.4 Å². The van der Waals surface area contributed by atoms with Gasteiger partial charge in [0.05, 0.1) is 38.1 Å². The summed E-state index contributed by atoms with van der Waals surface area (Å²) in [5, 5.41) is 3.15. The van der Waals surface area contributed by atoms with E-state index in [1.807, 2.05) is 36.4 Å². The van der Waals surface area contributed by atoms with Gasteiger partial charge in [-0.25, -0.2) is 9.79 Å². The summed E-state index contributed by atoms with van der Waals surface area (Å²) in [5.74, 6) is 0.523. The quantitative estimate of drug-likeness (QED) is 0.524. The second-order valence-electron chi connectivity index (χ2n) is 7.43. The molecule has 4 rings (SSSR count). The van der Waals surface area contributed by atoms with Crippen molar-refractivity contribution in [1.82, 2.24) is 4.57 Å². The van der Waals surface area contributed by atoms with Gasteiger partial charge in [0.1, 0.15) is 4.53 Å². The molecule has 0 fully saturated rings. The minimum Gasteiger partial charge on any atom is -0.493 e. The number of benzene rings is 2. The Kier molecular flexibility index (Phi) is 6.83. The first kappa shape index (κ1) is 23.3. The predicted octanol–water partition coefficient (Wildman–Crippen LogP) is 2.84. The van der Waals surface area contributed by atoms with Crippen molar-refractivity contribution < 1.29 is 19.0 Å². The number of aromatic nitrogens is 1. The van der Waals surface area contributed by atoms with E-state index < -0.39 is 12.0 Å². The molecule has 8 nitrogen and oxygen atoms in total. The molecular formula is C25H25N3O5S. The molecule has 1 N–H and O–H groups in total. The SMILES string of the molecule is CCOC(=O)C1=C(C)N=c2s/c(=C\Nc3ccccc3)c(=O)n2[C@H]1c1ccc(OC)c(OC)c1. The van der Waals surface area contributed by atoms with Gasteiger partial charge in [-0.3, -0.25) is 9.36 Å². The van der Waals surface area contributed by atoms with E-state index in [0.717, 1.165) is 5.69 Å². The number of carbonyl (C=O) groups is 1. The third kappa shape index (κ3) is 4.34. The molecule has 2 aromatic carbocycles. The van der Waals surface area contributed by atoms with E-state index >= 15 is 0 Å². The molecule has 1 aliphatic heterocycles. The monoisotopic (exact) mass is 479 g/mol. The lowest BCUT2D eigenvalue weighted by atomic mass is 9.95. The van der Waals surface area contributed by atoms with Crippen LogP contribution in [-0.2, 0) is 9.53 Å². The largest absolute Gasteiger partial charge is 0.493 e. The van der Waals surface area contributed by atoms with Gasteiger partial charge in [-0.05, 0) is 43.7 Å². The Hall–Kier alpha value is -3.85. The predicted molar refractivity (Wildman–Crippen MR) is 131 cm³/mol. The maximum Gasteiger partial charge on any atom is 0.338 e. The lowest BCUT2D eigenvalue weighted by Crippen LogP contribution is -2.40. The van der Waals surface area contributed by atoms with Gasteiger partial charge >= 0.3 is 5.97 Å². The van der Waals surface area contributed by atoms with Crippen molar-refractivity contribution in [2.24, 2.45) is 4.99 Å². The van der Waals surface area contributed by atoms with Gasteiger partial charge < -0.3 is 19.5 Å². The molecule has 0 radical (unpaired) electrons. The summed E-state index contributed by atoms with van der Waals surface area (Å²) >= 11 is 1.25. The number of nitrogens with zero attached hydrogens (tertiary/aromatic N) is 2. The third-order valence-corrected chi connectivity index (χ3v) is 6.37. The number of para-hydroxylation sites is 1. The number of methoxy groups -OCH3 is 2. The van der Waals surface area contributed by atoms with Crippen LogP contribution in [0.25, 0.3) is 6.20 Å². The molecule has 0 unspecified atom stereocenters. The van der Waals surface area contributed by atoms with Crippen LogP contribution < -0.4 is 29.7 Å². The number of rotatable bonds is 7. The molecule has 0 saturated carbocycles. The molecule has 0 bridgehead atoms. The molecule has 0 aliphatic carbocycles. The van der Waals surface area contributed by atoms with Crippen molar-refractivity contribution in [3.63, 3.8) is 0 Å². The Bertz CT molecular complexity index is 1420. The summed E-state index contributed by atoms with van der Waals surface area (Å²) in [7, 11) is 3.09. The number of allylic oxidation sites excluding steroid dienone is 1. The highest BCUT2D eigenvalue weighted by Crippen LogP contribution is 2.36. The minimum atomic E-state index is -0.728. The molecule has 1 atom stereocenters. The summed E-state index contributed by atoms with van der Waals surface area (Å²) in [6, 6.07) is 14.1. The summed E-state index contributed by atoms with van der Waals surface area (Å²) < 4.78 is 18.1. The van der Waals surface area contributed by atoms with Gasteiger partial charge in [0.2, 0.25) is 0 Å². The number of ether oxygens (including phenoxy) is 3. The second-order valence-corrected chi connectivity index (χ2v) is 8.44. The first-order chi connectivity index (χ1) is 16.5. The second kappa shape index (κ2) is 9.96. The van der Waals surface area contributed by atoms with Crippen LogP contribution in [0, 0.1) is 0 Å². The number of nitrogens with one attached hydrogen (secondary N) is 1. The summed E-state index contributed by atoms with van der Waals surface area (Å²) in [6.07, 6.45) is 1.66. The maximum atomic E-state index is 13.5. The van der Waals surface area contributed by atoms with E-state index in [2.05, 4.69) is 10.3 Å². The van der Waals surface area contributed by atoms with Crippen LogP contribution in [0.1, 0.15) is 25.5 Å². The molecule has 0 spiro atoms. The zero-order valence-electron chi connectivity index (χ0n) is 19.3. The van der Waals surface area contributed by atoms with Crippen LogP contribution in [0.2, 0.25) is 0 Å². The average Bonchev–Trinajstić information content (AvgIpc) is 3.16. The van der Waals surface area contributed by atoms with Gasteiger partial charge in [-0.15, -0.1) is 0 Å². The van der Waals surface area contributed by atoms with Gasteiger partial charge in [0.25, 0.3) is 5.56 Å². The molecule has 34 heavy (non-hydrogen) atoms. The number of carbonyl (C=O) groups excluding carboxylic acids is 1. The summed E-state index contributed by atoms with van der Waals surface area (Å²) in [4.78, 5) is 31.6. The normalized spacial score (nSPS) is 15.4. The topological polar surface area (TPSA) is 91.2 Å². The molecule has 9 heteroatoms. The van der Waals surface area contributed by atoms with E-state index in [1.54, 1.807) is 39.3 Å². The van der Waals surface area contributed by atoms with E-state index in [4.69, 9.17) is 14.2 Å². The van der Waals surface area contributed by atoms with Crippen LogP contribution >= 0.6 is 11.3 Å². The Morgan fingerprint density at radius 3 is 2.56 bits per heavy atom. The Labute approximate surface area is 200 Å². The minimum absolute atomic E-state index is 0.208. The molecule has 176 valence electrons. The molecule has 3 aromatic rings. The highest BCUT2D eigenvalue weighted by Gasteiger charge is 2.33. The zero-order valence-corrected chi connectivity index (χ0v) is 20.1. The molecule has 1 aromatic heterocycles. The molecule has 1 aliphatic rings. The number of hydrogen-bond donors (Lipinski definition) is 1. The van der Waals surface area contributed by atoms with Crippen molar-refractivity contribution >= 4 is 29.2 Å². The fourth-order valence-electron chi connectivity index (χ4n) is 3.81. The van der Waals surface area contributed by atoms with Gasteiger partial charge in [-0.1, -0.05) is 35.6 Å². The van der Waals surface area contributed by atoms with E-state index in [0.29, 0.717) is 37.7 Å². The Balaban J connectivity index is 1.90. The first-order valence-electron chi connectivity index (χ1n) is 10.7. The van der Waals surface area contributed by atoms with Crippen molar-refractivity contribution in [1.29, 1.82) is 0 Å².